The topological polar surface area (TPSA) is 138 Å². The van der Waals surface area contributed by atoms with Crippen LogP contribution in [0.3, 0.4) is 0 Å². The lowest BCUT2D eigenvalue weighted by Crippen LogP contribution is -2.59. The predicted molar refractivity (Wildman–Crippen MR) is 153 cm³/mol. The van der Waals surface area contributed by atoms with E-state index < -0.39 is 54.5 Å². The molecule has 0 aliphatic carbocycles. The quantitative estimate of drug-likeness (QED) is 0.197. The molecule has 1 aliphatic heterocycles. The zero-order chi connectivity index (χ0) is 32.2. The molecule has 1 N–H and O–H groups in total. The Hall–Kier alpha value is -4.77. The number of hydrogen-bond donors (Lipinski definition) is 1. The van der Waals surface area contributed by atoms with Gasteiger partial charge in [0.05, 0.1) is 47.4 Å². The molecule has 234 valence electrons. The van der Waals surface area contributed by atoms with Crippen LogP contribution in [0, 0.1) is 11.6 Å². The smallest absolute Gasteiger partial charge is 0.329 e. The number of aryl methyl sites for hydroxylation is 1. The van der Waals surface area contributed by atoms with E-state index in [4.69, 9.17) is 23.2 Å². The summed E-state index contributed by atoms with van der Waals surface area (Å²) in [7, 11) is 1.60. The molecule has 0 radical (unpaired) electrons. The molecule has 2 aromatic carbocycles. The van der Waals surface area contributed by atoms with Crippen LogP contribution in [0.4, 0.5) is 29.2 Å². The van der Waals surface area contributed by atoms with Gasteiger partial charge in [-0.3, -0.25) is 18.7 Å². The Balaban J connectivity index is 1.36. The minimum Gasteiger partial charge on any atom is -0.329 e. The van der Waals surface area contributed by atoms with Gasteiger partial charge in [-0.05, 0) is 18.2 Å². The molecule has 0 saturated carbocycles. The average Bonchev–Trinajstić information content (AvgIpc) is 3.54. The van der Waals surface area contributed by atoms with Gasteiger partial charge in [0, 0.05) is 30.3 Å². The van der Waals surface area contributed by atoms with Crippen molar-refractivity contribution >= 4 is 51.6 Å². The van der Waals surface area contributed by atoms with Crippen LogP contribution in [-0.4, -0.2) is 68.5 Å². The van der Waals surface area contributed by atoms with Crippen molar-refractivity contribution in [2.24, 2.45) is 7.05 Å². The fourth-order valence-electron chi connectivity index (χ4n) is 4.68. The number of aromatic nitrogens is 8. The second kappa shape index (κ2) is 11.3. The van der Waals surface area contributed by atoms with Crippen LogP contribution in [0.2, 0.25) is 10.0 Å². The first-order valence-electron chi connectivity index (χ1n) is 13.1. The predicted octanol–water partition coefficient (Wildman–Crippen LogP) is 2.79. The van der Waals surface area contributed by atoms with Crippen molar-refractivity contribution in [3.63, 3.8) is 0 Å². The number of carbonyl (C=O) groups excluding carboxylic acids is 1. The summed E-state index contributed by atoms with van der Waals surface area (Å²) < 4.78 is 59.2. The number of halogens is 6. The number of anilines is 2. The summed E-state index contributed by atoms with van der Waals surface area (Å²) in [6, 6.07) is 4.51. The Kier molecular flexibility index (Phi) is 7.60. The van der Waals surface area contributed by atoms with Gasteiger partial charge in [0.25, 0.3) is 5.92 Å². The Morgan fingerprint density at radius 3 is 2.44 bits per heavy atom. The third-order valence-electron chi connectivity index (χ3n) is 6.90. The first-order valence-corrected chi connectivity index (χ1v) is 13.8. The molecular weight excluding hydrogens is 647 g/mol. The van der Waals surface area contributed by atoms with Gasteiger partial charge in [-0.1, -0.05) is 23.2 Å². The van der Waals surface area contributed by atoms with E-state index in [-0.39, 0.29) is 46.2 Å². The highest BCUT2D eigenvalue weighted by molar-refractivity contribution is 6.34. The molecule has 1 aliphatic rings. The number of rotatable bonds is 8. The number of carbonyl (C=O) groups is 1. The van der Waals surface area contributed by atoms with Crippen LogP contribution in [0.1, 0.15) is 11.4 Å². The number of fused-ring (bicyclic) bond motifs is 1. The summed E-state index contributed by atoms with van der Waals surface area (Å²) in [6.07, 6.45) is 2.86. The summed E-state index contributed by atoms with van der Waals surface area (Å²) in [4.78, 5) is 48.0. The highest BCUT2D eigenvalue weighted by atomic mass is 35.5. The number of benzene rings is 2. The zero-order valence-electron chi connectivity index (χ0n) is 23.0. The van der Waals surface area contributed by atoms with E-state index >= 15 is 0 Å². The van der Waals surface area contributed by atoms with Crippen molar-refractivity contribution in [3.8, 4) is 0 Å². The lowest BCUT2D eigenvalue weighted by atomic mass is 10.1. The Bertz CT molecular complexity index is 2100. The third kappa shape index (κ3) is 6.12. The first-order chi connectivity index (χ1) is 21.3. The molecule has 0 atom stereocenters. The molecular formula is C26H20Cl2F4N10O3. The Morgan fingerprint density at radius 2 is 1.76 bits per heavy atom. The van der Waals surface area contributed by atoms with Crippen LogP contribution in [0.15, 0.2) is 46.4 Å². The molecule has 0 unspecified atom stereocenters. The molecule has 1 saturated heterocycles. The summed E-state index contributed by atoms with van der Waals surface area (Å²) in [5, 5.41) is 11.3. The van der Waals surface area contributed by atoms with E-state index in [0.29, 0.717) is 17.0 Å². The van der Waals surface area contributed by atoms with E-state index in [1.54, 1.807) is 7.05 Å². The standard InChI is InChI=1S/C26H20Cl2F4N10O3/c1-38-12-33-21(37-38)8-42-24(44)35-23(41(25(42)45)7-13-2-15(27)18(30)5-17(13)29)34-20-3-14-6-40(36-19(14)4-16(20)28)9-22(43)39-10-26(31,32)11-39/h2-6,12H,7-11H2,1H3,(H,34,35,44). The number of likely N-dealkylation sites (tertiary alicyclic amines) is 1. The summed E-state index contributed by atoms with van der Waals surface area (Å²) in [6.45, 7) is -2.48. The Labute approximate surface area is 259 Å². The van der Waals surface area contributed by atoms with Crippen molar-refractivity contribution in [2.45, 2.75) is 25.6 Å². The SMILES string of the molecule is Cn1cnc(Cn2c(=O)nc(Nc3cc4cn(CC(=O)N5CC(F)(F)C5)nc4cc3Cl)n(Cc3cc(Cl)c(F)cc3F)c2=O)n1. The Morgan fingerprint density at radius 1 is 1.00 bits per heavy atom. The van der Waals surface area contributed by atoms with E-state index in [0.717, 1.165) is 20.1 Å². The highest BCUT2D eigenvalue weighted by Gasteiger charge is 2.46. The number of amides is 1. The largest absolute Gasteiger partial charge is 0.355 e. The van der Waals surface area contributed by atoms with Gasteiger partial charge in [-0.15, -0.1) is 0 Å². The van der Waals surface area contributed by atoms with Crippen LogP contribution < -0.4 is 16.7 Å². The monoisotopic (exact) mass is 666 g/mol. The van der Waals surface area contributed by atoms with E-state index in [1.165, 1.54) is 34.0 Å². The molecule has 19 heteroatoms. The molecule has 1 fully saturated rings. The second-order valence-electron chi connectivity index (χ2n) is 10.3. The number of nitrogens with zero attached hydrogens (tertiary/aromatic N) is 9. The van der Waals surface area contributed by atoms with Crippen LogP contribution in [0.25, 0.3) is 10.9 Å². The minimum absolute atomic E-state index is 0.0696. The lowest BCUT2D eigenvalue weighted by molar-refractivity contribution is -0.166. The fourth-order valence-corrected chi connectivity index (χ4v) is 5.07. The molecule has 5 aromatic rings. The molecule has 3 aromatic heterocycles. The van der Waals surface area contributed by atoms with E-state index in [9.17, 15) is 31.9 Å². The zero-order valence-corrected chi connectivity index (χ0v) is 24.5. The maximum absolute atomic E-state index is 14.7. The minimum atomic E-state index is -2.90. The molecule has 0 bridgehead atoms. The number of hydrogen-bond acceptors (Lipinski definition) is 8. The number of nitrogens with one attached hydrogen (secondary N) is 1. The van der Waals surface area contributed by atoms with Gasteiger partial charge in [-0.2, -0.15) is 15.2 Å². The number of alkyl halides is 2. The first kappa shape index (κ1) is 30.3. The molecule has 6 rings (SSSR count). The van der Waals surface area contributed by atoms with Crippen molar-refractivity contribution < 1.29 is 22.4 Å². The van der Waals surface area contributed by atoms with Gasteiger partial charge >= 0.3 is 11.4 Å². The van der Waals surface area contributed by atoms with Crippen LogP contribution in [-0.2, 0) is 31.5 Å². The van der Waals surface area contributed by atoms with Crippen LogP contribution >= 0.6 is 23.2 Å². The fraction of sp³-hybridized carbons (Fsp3) is 0.269. The van der Waals surface area contributed by atoms with Gasteiger partial charge in [-0.25, -0.2) is 36.7 Å². The van der Waals surface area contributed by atoms with Crippen molar-refractivity contribution in [1.29, 1.82) is 0 Å². The van der Waals surface area contributed by atoms with Crippen LogP contribution in [0.5, 0.6) is 0 Å². The maximum Gasteiger partial charge on any atom is 0.355 e. The highest BCUT2D eigenvalue weighted by Crippen LogP contribution is 2.30. The van der Waals surface area contributed by atoms with Gasteiger partial charge in [0.15, 0.2) is 5.82 Å². The lowest BCUT2D eigenvalue weighted by Gasteiger charge is -2.38. The van der Waals surface area contributed by atoms with Crippen molar-refractivity contribution in [2.75, 3.05) is 18.4 Å². The van der Waals surface area contributed by atoms with Crippen molar-refractivity contribution in [1.82, 2.24) is 43.6 Å². The summed E-state index contributed by atoms with van der Waals surface area (Å²) in [5.41, 5.74) is -1.58. The maximum atomic E-state index is 14.7. The summed E-state index contributed by atoms with van der Waals surface area (Å²) in [5.74, 6) is -5.65. The summed E-state index contributed by atoms with van der Waals surface area (Å²) >= 11 is 12.3. The van der Waals surface area contributed by atoms with Crippen molar-refractivity contribution in [3.05, 3.63) is 90.8 Å². The molecule has 13 nitrogen and oxygen atoms in total. The second-order valence-corrected chi connectivity index (χ2v) is 11.1. The van der Waals surface area contributed by atoms with Gasteiger partial charge in [0.2, 0.25) is 11.9 Å². The molecule has 45 heavy (non-hydrogen) atoms. The van der Waals surface area contributed by atoms with E-state index in [2.05, 4.69) is 25.5 Å². The molecule has 0 spiro atoms. The third-order valence-corrected chi connectivity index (χ3v) is 7.50. The van der Waals surface area contributed by atoms with Gasteiger partial charge < -0.3 is 10.2 Å². The van der Waals surface area contributed by atoms with Gasteiger partial charge in [0.1, 0.15) is 24.5 Å². The molecule has 4 heterocycles. The normalized spacial score (nSPS) is 14.2. The molecule has 1 amide bonds. The average molecular weight is 667 g/mol. The van der Waals surface area contributed by atoms with E-state index in [1.807, 2.05) is 0 Å².